The number of amides is 1. The van der Waals surface area contributed by atoms with Crippen molar-refractivity contribution in [2.45, 2.75) is 32.7 Å². The molecule has 0 saturated carbocycles. The van der Waals surface area contributed by atoms with Gasteiger partial charge in [-0.15, -0.1) is 0 Å². The summed E-state index contributed by atoms with van der Waals surface area (Å²) >= 11 is 5.78. The zero-order valence-electron chi connectivity index (χ0n) is 12.5. The lowest BCUT2D eigenvalue weighted by Crippen LogP contribution is -2.44. The minimum atomic E-state index is -0.628. The van der Waals surface area contributed by atoms with Crippen molar-refractivity contribution >= 4 is 17.5 Å². The quantitative estimate of drug-likeness (QED) is 0.925. The van der Waals surface area contributed by atoms with Crippen molar-refractivity contribution in [1.82, 2.24) is 10.2 Å². The highest BCUT2D eigenvalue weighted by molar-refractivity contribution is 6.31. The topological polar surface area (TPSA) is 32.3 Å². The normalized spacial score (nSPS) is 18.8. The first kappa shape index (κ1) is 16.2. The minimum Gasteiger partial charge on any atom is -0.336 e. The molecule has 0 aromatic heterocycles. The van der Waals surface area contributed by atoms with Crippen molar-refractivity contribution in [3.8, 4) is 0 Å². The van der Waals surface area contributed by atoms with Gasteiger partial charge in [0, 0.05) is 12.6 Å². The van der Waals surface area contributed by atoms with E-state index in [0.29, 0.717) is 12.5 Å². The predicted octanol–water partition coefficient (Wildman–Crippen LogP) is 3.33. The standard InChI is InChI=1S/C16H22ClFN2O/c1-11(2)20(10-12-5-4-8-19-9-12)16(21)13-6-3-7-14(17)15(13)18/h3,6-7,11-12,19H,4-5,8-10H2,1-2H3. The fourth-order valence-corrected chi connectivity index (χ4v) is 2.88. The lowest BCUT2D eigenvalue weighted by molar-refractivity contribution is 0.0656. The van der Waals surface area contributed by atoms with E-state index < -0.39 is 5.82 Å². The molecule has 1 atom stereocenters. The number of piperidine rings is 1. The molecule has 1 aromatic rings. The SMILES string of the molecule is CC(C)N(CC1CCCNC1)C(=O)c1cccc(Cl)c1F. The van der Waals surface area contributed by atoms with Gasteiger partial charge in [-0.1, -0.05) is 17.7 Å². The number of carbonyl (C=O) groups is 1. The number of benzene rings is 1. The molecule has 1 heterocycles. The first-order valence-corrected chi connectivity index (χ1v) is 7.84. The largest absolute Gasteiger partial charge is 0.336 e. The summed E-state index contributed by atoms with van der Waals surface area (Å²) in [7, 11) is 0. The van der Waals surface area contributed by atoms with Gasteiger partial charge in [0.1, 0.15) is 0 Å². The molecule has 1 N–H and O–H groups in total. The summed E-state index contributed by atoms with van der Waals surface area (Å²) in [6.45, 7) is 6.51. The molecule has 2 rings (SSSR count). The van der Waals surface area contributed by atoms with Crippen molar-refractivity contribution in [1.29, 1.82) is 0 Å². The molecule has 0 bridgehead atoms. The van der Waals surface area contributed by atoms with Crippen LogP contribution in [-0.4, -0.2) is 36.5 Å². The highest BCUT2D eigenvalue weighted by Gasteiger charge is 2.26. The summed E-state index contributed by atoms with van der Waals surface area (Å²) in [6.07, 6.45) is 2.22. The Balaban J connectivity index is 2.17. The summed E-state index contributed by atoms with van der Waals surface area (Å²) in [6, 6.07) is 4.59. The zero-order valence-corrected chi connectivity index (χ0v) is 13.3. The van der Waals surface area contributed by atoms with E-state index >= 15 is 0 Å². The predicted molar refractivity (Wildman–Crippen MR) is 83.2 cm³/mol. The van der Waals surface area contributed by atoms with Gasteiger partial charge in [-0.05, 0) is 57.8 Å². The Morgan fingerprint density at radius 1 is 1.52 bits per heavy atom. The van der Waals surface area contributed by atoms with Crippen LogP contribution in [0, 0.1) is 11.7 Å². The van der Waals surface area contributed by atoms with Crippen molar-refractivity contribution in [3.05, 3.63) is 34.6 Å². The molecular weight excluding hydrogens is 291 g/mol. The smallest absolute Gasteiger partial charge is 0.257 e. The second kappa shape index (κ2) is 7.23. The van der Waals surface area contributed by atoms with Crippen molar-refractivity contribution < 1.29 is 9.18 Å². The molecule has 1 fully saturated rings. The van der Waals surface area contributed by atoms with E-state index in [9.17, 15) is 9.18 Å². The third-order valence-corrected chi connectivity index (χ3v) is 4.21. The van der Waals surface area contributed by atoms with Crippen LogP contribution in [0.5, 0.6) is 0 Å². The second-order valence-electron chi connectivity index (χ2n) is 5.87. The highest BCUT2D eigenvalue weighted by atomic mass is 35.5. The Bertz CT molecular complexity index is 501. The van der Waals surface area contributed by atoms with Gasteiger partial charge in [0.25, 0.3) is 5.91 Å². The molecule has 5 heteroatoms. The van der Waals surface area contributed by atoms with Crippen LogP contribution in [0.3, 0.4) is 0 Å². The number of halogens is 2. The van der Waals surface area contributed by atoms with Crippen LogP contribution in [0.25, 0.3) is 0 Å². The fraction of sp³-hybridized carbons (Fsp3) is 0.562. The van der Waals surface area contributed by atoms with Crippen molar-refractivity contribution in [3.63, 3.8) is 0 Å². The molecule has 21 heavy (non-hydrogen) atoms. The molecule has 1 aromatic carbocycles. The number of rotatable bonds is 4. The summed E-state index contributed by atoms with van der Waals surface area (Å²) in [5.41, 5.74) is 0.0555. The van der Waals surface area contributed by atoms with E-state index in [4.69, 9.17) is 11.6 Å². The van der Waals surface area contributed by atoms with E-state index in [1.54, 1.807) is 11.0 Å². The maximum absolute atomic E-state index is 14.1. The van der Waals surface area contributed by atoms with Gasteiger partial charge >= 0.3 is 0 Å². The molecular formula is C16H22ClFN2O. The van der Waals surface area contributed by atoms with Gasteiger partial charge < -0.3 is 10.2 Å². The van der Waals surface area contributed by atoms with E-state index in [-0.39, 0.29) is 22.5 Å². The van der Waals surface area contributed by atoms with Gasteiger partial charge in [0.2, 0.25) is 0 Å². The van der Waals surface area contributed by atoms with Crippen LogP contribution >= 0.6 is 11.6 Å². The Hall–Kier alpha value is -1.13. The number of nitrogens with one attached hydrogen (secondary N) is 1. The average Bonchev–Trinajstić information content (AvgIpc) is 2.48. The molecule has 1 unspecified atom stereocenters. The van der Waals surface area contributed by atoms with Crippen LogP contribution in [0.1, 0.15) is 37.0 Å². The van der Waals surface area contributed by atoms with Crippen molar-refractivity contribution in [2.75, 3.05) is 19.6 Å². The monoisotopic (exact) mass is 312 g/mol. The van der Waals surface area contributed by atoms with Crippen molar-refractivity contribution in [2.24, 2.45) is 5.92 Å². The Labute approximate surface area is 130 Å². The Kier molecular flexibility index (Phi) is 5.59. The van der Waals surface area contributed by atoms with E-state index in [1.807, 2.05) is 13.8 Å². The summed E-state index contributed by atoms with van der Waals surface area (Å²) < 4.78 is 14.1. The number of carbonyl (C=O) groups excluding carboxylic acids is 1. The first-order chi connectivity index (χ1) is 10.0. The molecule has 1 saturated heterocycles. The lowest BCUT2D eigenvalue weighted by atomic mass is 9.98. The van der Waals surface area contributed by atoms with Gasteiger partial charge in [-0.2, -0.15) is 0 Å². The Morgan fingerprint density at radius 3 is 2.90 bits per heavy atom. The van der Waals surface area contributed by atoms with Crippen LogP contribution in [-0.2, 0) is 0 Å². The number of hydrogen-bond acceptors (Lipinski definition) is 2. The molecule has 3 nitrogen and oxygen atoms in total. The summed E-state index contributed by atoms with van der Waals surface area (Å²) in [5, 5.41) is 3.33. The second-order valence-corrected chi connectivity index (χ2v) is 6.27. The number of nitrogens with zero attached hydrogens (tertiary/aromatic N) is 1. The van der Waals surface area contributed by atoms with Gasteiger partial charge in [0.05, 0.1) is 10.6 Å². The minimum absolute atomic E-state index is 0.0103. The molecule has 0 aliphatic carbocycles. The highest BCUT2D eigenvalue weighted by Crippen LogP contribution is 2.21. The average molecular weight is 313 g/mol. The van der Waals surface area contributed by atoms with Crippen LogP contribution < -0.4 is 5.32 Å². The van der Waals surface area contributed by atoms with E-state index in [0.717, 1.165) is 25.9 Å². The maximum atomic E-state index is 14.1. The third kappa shape index (κ3) is 3.95. The maximum Gasteiger partial charge on any atom is 0.257 e. The number of hydrogen-bond donors (Lipinski definition) is 1. The first-order valence-electron chi connectivity index (χ1n) is 7.46. The van der Waals surface area contributed by atoms with Gasteiger partial charge in [-0.25, -0.2) is 4.39 Å². The lowest BCUT2D eigenvalue weighted by Gasteiger charge is -2.33. The molecule has 0 spiro atoms. The van der Waals surface area contributed by atoms with Crippen LogP contribution in [0.2, 0.25) is 5.02 Å². The molecule has 0 radical (unpaired) electrons. The molecule has 1 amide bonds. The Morgan fingerprint density at radius 2 is 2.29 bits per heavy atom. The molecule has 116 valence electrons. The third-order valence-electron chi connectivity index (χ3n) is 3.92. The van der Waals surface area contributed by atoms with Gasteiger partial charge in [-0.3, -0.25) is 4.79 Å². The fourth-order valence-electron chi connectivity index (χ4n) is 2.71. The summed E-state index contributed by atoms with van der Waals surface area (Å²) in [5.74, 6) is -0.487. The zero-order chi connectivity index (χ0) is 15.4. The van der Waals surface area contributed by atoms with E-state index in [2.05, 4.69) is 5.32 Å². The van der Waals surface area contributed by atoms with Gasteiger partial charge in [0.15, 0.2) is 5.82 Å². The summed E-state index contributed by atoms with van der Waals surface area (Å²) in [4.78, 5) is 14.4. The van der Waals surface area contributed by atoms with E-state index in [1.165, 1.54) is 12.1 Å². The molecule has 1 aliphatic heterocycles. The van der Waals surface area contributed by atoms with Crippen LogP contribution in [0.4, 0.5) is 4.39 Å². The molecule has 1 aliphatic rings. The van der Waals surface area contributed by atoms with Crippen LogP contribution in [0.15, 0.2) is 18.2 Å².